The highest BCUT2D eigenvalue weighted by molar-refractivity contribution is 6.08. The van der Waals surface area contributed by atoms with Gasteiger partial charge >= 0.3 is 5.69 Å². The van der Waals surface area contributed by atoms with Gasteiger partial charge in [-0.25, -0.2) is 14.3 Å². The van der Waals surface area contributed by atoms with Gasteiger partial charge in [0.05, 0.1) is 11.1 Å². The quantitative estimate of drug-likeness (QED) is 0.405. The van der Waals surface area contributed by atoms with Crippen LogP contribution in [0.5, 0.6) is 0 Å². The molecule has 0 radical (unpaired) electrons. The average molecular weight is 351 g/mol. The molecule has 3 heterocycles. The van der Waals surface area contributed by atoms with Crippen LogP contribution in [0, 0.1) is 0 Å². The number of pyridine rings is 1. The van der Waals surface area contributed by atoms with E-state index >= 15 is 0 Å². The van der Waals surface area contributed by atoms with Crippen molar-refractivity contribution in [2.45, 2.75) is 6.42 Å². The van der Waals surface area contributed by atoms with Crippen molar-refractivity contribution >= 4 is 22.5 Å². The summed E-state index contributed by atoms with van der Waals surface area (Å²) in [5, 5.41) is 18.7. The molecule has 4 rings (SSSR count). The maximum absolute atomic E-state index is 12.6. The second-order valence-corrected chi connectivity index (χ2v) is 5.93. The molecule has 8 heteroatoms. The highest BCUT2D eigenvalue weighted by Crippen LogP contribution is 2.26. The molecule has 8 nitrogen and oxygen atoms in total. The summed E-state index contributed by atoms with van der Waals surface area (Å²) in [6.45, 7) is 0.379. The van der Waals surface area contributed by atoms with Crippen molar-refractivity contribution in [3.63, 3.8) is 0 Å². The van der Waals surface area contributed by atoms with Gasteiger partial charge in [0.15, 0.2) is 5.65 Å². The number of aromatic nitrogens is 4. The molecule has 0 bridgehead atoms. The number of aromatic amines is 2. The van der Waals surface area contributed by atoms with Crippen molar-refractivity contribution in [3.8, 4) is 11.3 Å². The number of H-pyrrole nitrogens is 2. The zero-order valence-corrected chi connectivity index (χ0v) is 13.8. The van der Waals surface area contributed by atoms with Crippen LogP contribution in [-0.2, 0) is 0 Å². The molecular weight excluding hydrogens is 334 g/mol. The van der Waals surface area contributed by atoms with Gasteiger partial charge < -0.3 is 15.4 Å². The molecule has 0 aliphatic rings. The Morgan fingerprint density at radius 1 is 1.27 bits per heavy atom. The predicted molar refractivity (Wildman–Crippen MR) is 97.1 cm³/mol. The van der Waals surface area contributed by atoms with E-state index in [9.17, 15) is 9.59 Å². The Kier molecular flexibility index (Phi) is 4.02. The molecule has 26 heavy (non-hydrogen) atoms. The van der Waals surface area contributed by atoms with Crippen molar-refractivity contribution in [2.24, 2.45) is 0 Å². The molecule has 1 amide bonds. The molecule has 0 aliphatic heterocycles. The van der Waals surface area contributed by atoms with Crippen LogP contribution in [0.2, 0.25) is 0 Å². The van der Waals surface area contributed by atoms with Gasteiger partial charge in [-0.2, -0.15) is 5.10 Å². The molecule has 0 atom stereocenters. The van der Waals surface area contributed by atoms with Crippen LogP contribution < -0.4 is 11.0 Å². The van der Waals surface area contributed by atoms with Gasteiger partial charge in [0.1, 0.15) is 0 Å². The predicted octanol–water partition coefficient (Wildman–Crippen LogP) is 1.28. The highest BCUT2D eigenvalue weighted by atomic mass is 16.3. The Morgan fingerprint density at radius 3 is 2.92 bits per heavy atom. The second-order valence-electron chi connectivity index (χ2n) is 5.93. The van der Waals surface area contributed by atoms with Crippen molar-refractivity contribution in [1.82, 2.24) is 24.9 Å². The summed E-state index contributed by atoms with van der Waals surface area (Å²) in [5.41, 5.74) is 2.85. The first kappa shape index (κ1) is 16.1. The maximum Gasteiger partial charge on any atom is 0.348 e. The summed E-state index contributed by atoms with van der Waals surface area (Å²) in [6, 6.07) is 11.0. The first-order valence-electron chi connectivity index (χ1n) is 8.26. The van der Waals surface area contributed by atoms with E-state index < -0.39 is 0 Å². The van der Waals surface area contributed by atoms with Crippen molar-refractivity contribution in [3.05, 3.63) is 58.6 Å². The number of amides is 1. The number of carbonyl (C=O) groups excluding carboxylic acids is 1. The fraction of sp³-hybridized carbons (Fsp3) is 0.167. The molecule has 1 aromatic carbocycles. The number of rotatable bonds is 5. The molecule has 0 aliphatic carbocycles. The lowest BCUT2D eigenvalue weighted by Gasteiger charge is -2.10. The van der Waals surface area contributed by atoms with E-state index in [1.807, 2.05) is 36.5 Å². The Hall–Kier alpha value is -3.39. The molecule has 0 fully saturated rings. The molecule has 0 saturated carbocycles. The zero-order valence-electron chi connectivity index (χ0n) is 13.8. The first-order valence-corrected chi connectivity index (χ1v) is 8.26. The van der Waals surface area contributed by atoms with Crippen LogP contribution in [0.1, 0.15) is 16.8 Å². The molecule has 3 aromatic heterocycles. The fourth-order valence-corrected chi connectivity index (χ4v) is 3.03. The highest BCUT2D eigenvalue weighted by Gasteiger charge is 2.16. The summed E-state index contributed by atoms with van der Waals surface area (Å²) in [5.74, 6) is -0.269. The van der Waals surface area contributed by atoms with Crippen LogP contribution in [-0.4, -0.2) is 43.7 Å². The lowest BCUT2D eigenvalue weighted by molar-refractivity contribution is 0.0953. The fourth-order valence-electron chi connectivity index (χ4n) is 3.03. The molecule has 0 unspecified atom stereocenters. The van der Waals surface area contributed by atoms with E-state index in [1.165, 1.54) is 4.40 Å². The van der Waals surface area contributed by atoms with Gasteiger partial charge in [0.2, 0.25) is 0 Å². The van der Waals surface area contributed by atoms with E-state index in [1.54, 1.807) is 6.07 Å². The third-order valence-electron chi connectivity index (χ3n) is 4.27. The van der Waals surface area contributed by atoms with Crippen LogP contribution in [0.25, 0.3) is 27.8 Å². The smallest absolute Gasteiger partial charge is 0.348 e. The first-order chi connectivity index (χ1) is 12.7. The van der Waals surface area contributed by atoms with Crippen molar-refractivity contribution in [2.75, 3.05) is 13.2 Å². The van der Waals surface area contributed by atoms with Gasteiger partial charge in [-0.15, -0.1) is 0 Å². The Morgan fingerprint density at radius 2 is 2.15 bits per heavy atom. The van der Waals surface area contributed by atoms with E-state index in [2.05, 4.69) is 20.5 Å². The molecule has 132 valence electrons. The van der Waals surface area contributed by atoms with Crippen LogP contribution in [0.3, 0.4) is 0 Å². The second kappa shape index (κ2) is 6.49. The number of carbonyl (C=O) groups is 1. The average Bonchev–Trinajstić information content (AvgIpc) is 3.31. The maximum atomic E-state index is 12.6. The largest absolute Gasteiger partial charge is 0.396 e. The van der Waals surface area contributed by atoms with E-state index in [0.29, 0.717) is 35.1 Å². The summed E-state index contributed by atoms with van der Waals surface area (Å²) < 4.78 is 1.45. The third kappa shape index (κ3) is 2.66. The number of aliphatic hydroxyl groups excluding tert-OH is 1. The summed E-state index contributed by atoms with van der Waals surface area (Å²) in [7, 11) is 0. The lowest BCUT2D eigenvalue weighted by Crippen LogP contribution is -2.25. The van der Waals surface area contributed by atoms with Crippen molar-refractivity contribution < 1.29 is 9.90 Å². The standard InChI is InChI=1S/C18H17N5O3/c24-8-2-7-20-17(25)13-10-16-21-22-18(26)23(16)15-9-11(4-5-12(13)15)14-3-1-6-19-14/h1,3-6,9-10,19,24H,2,7-8H2,(H,20,25)(H,22,26). The Bertz CT molecular complexity index is 1140. The summed E-state index contributed by atoms with van der Waals surface area (Å²) in [4.78, 5) is 27.9. The SMILES string of the molecule is O=C(NCCCO)c1cc2n[nH]c(=O)n2c2cc(-c3ccc[nH]3)ccc12. The van der Waals surface area contributed by atoms with Crippen LogP contribution >= 0.6 is 0 Å². The number of nitrogens with zero attached hydrogens (tertiary/aromatic N) is 2. The summed E-state index contributed by atoms with van der Waals surface area (Å²) in [6.07, 6.45) is 2.30. The summed E-state index contributed by atoms with van der Waals surface area (Å²) >= 11 is 0. The minimum Gasteiger partial charge on any atom is -0.396 e. The van der Waals surface area contributed by atoms with E-state index in [4.69, 9.17) is 5.11 Å². The lowest BCUT2D eigenvalue weighted by atomic mass is 10.0. The number of hydrogen-bond donors (Lipinski definition) is 4. The molecule has 0 spiro atoms. The normalized spacial score (nSPS) is 11.3. The third-order valence-corrected chi connectivity index (χ3v) is 4.27. The van der Waals surface area contributed by atoms with Crippen LogP contribution in [0.4, 0.5) is 0 Å². The number of fused-ring (bicyclic) bond motifs is 3. The number of hydrogen-bond acceptors (Lipinski definition) is 4. The van der Waals surface area contributed by atoms with Gasteiger partial charge in [0.25, 0.3) is 5.91 Å². The van der Waals surface area contributed by atoms with Gasteiger partial charge in [-0.1, -0.05) is 12.1 Å². The van der Waals surface area contributed by atoms with E-state index in [0.717, 1.165) is 11.3 Å². The van der Waals surface area contributed by atoms with Gasteiger partial charge in [-0.05, 0) is 30.7 Å². The molecule has 4 aromatic rings. The zero-order chi connectivity index (χ0) is 18.1. The van der Waals surface area contributed by atoms with Gasteiger partial charge in [0, 0.05) is 36.0 Å². The molecular formula is C18H17N5O3. The monoisotopic (exact) mass is 351 g/mol. The van der Waals surface area contributed by atoms with E-state index in [-0.39, 0.29) is 18.2 Å². The molecule has 0 saturated heterocycles. The van der Waals surface area contributed by atoms with Crippen molar-refractivity contribution in [1.29, 1.82) is 0 Å². The number of nitrogens with one attached hydrogen (secondary N) is 3. The minimum atomic E-state index is -0.360. The molecule has 4 N–H and O–H groups in total. The Balaban J connectivity index is 1.92. The van der Waals surface area contributed by atoms with Crippen LogP contribution in [0.15, 0.2) is 47.4 Å². The number of benzene rings is 1. The number of aliphatic hydroxyl groups is 1. The minimum absolute atomic E-state index is 0.00826. The Labute approximate surface area is 147 Å². The topological polar surface area (TPSA) is 115 Å². The van der Waals surface area contributed by atoms with Gasteiger partial charge in [-0.3, -0.25) is 4.79 Å².